The van der Waals surface area contributed by atoms with Crippen molar-refractivity contribution in [1.29, 1.82) is 0 Å². The van der Waals surface area contributed by atoms with Gasteiger partial charge in [0.05, 0.1) is 5.71 Å². The third-order valence-electron chi connectivity index (χ3n) is 3.21. The molecule has 0 spiro atoms. The Morgan fingerprint density at radius 1 is 1.10 bits per heavy atom. The molecule has 0 saturated heterocycles. The van der Waals surface area contributed by atoms with Gasteiger partial charge in [-0.2, -0.15) is 5.10 Å². The molecule has 3 nitrogen and oxygen atoms in total. The first-order chi connectivity index (χ1) is 9.97. The standard InChI is InChI=1S/C17H17IN2O/c1-11-4-5-12(2)16(10-11)13(3)19-20-17(21)14-6-8-15(18)9-7-14/h4-10H,1-3H3,(H,20,21)/b19-13-. The highest BCUT2D eigenvalue weighted by molar-refractivity contribution is 14.1. The van der Waals surface area contributed by atoms with Crippen LogP contribution in [0.15, 0.2) is 47.6 Å². The van der Waals surface area contributed by atoms with Crippen molar-refractivity contribution in [2.24, 2.45) is 5.10 Å². The number of nitrogens with one attached hydrogen (secondary N) is 1. The van der Waals surface area contributed by atoms with Gasteiger partial charge in [-0.3, -0.25) is 4.79 Å². The fourth-order valence-corrected chi connectivity index (χ4v) is 2.35. The molecule has 4 heteroatoms. The minimum Gasteiger partial charge on any atom is -0.267 e. The molecule has 0 fully saturated rings. The quantitative estimate of drug-likeness (QED) is 0.478. The lowest BCUT2D eigenvalue weighted by atomic mass is 10.0. The van der Waals surface area contributed by atoms with Gasteiger partial charge in [0.1, 0.15) is 0 Å². The molecule has 0 radical (unpaired) electrons. The SMILES string of the molecule is C/C(=N/NC(=O)c1ccc(I)cc1)c1cc(C)ccc1C. The Labute approximate surface area is 138 Å². The van der Waals surface area contributed by atoms with Crippen LogP contribution in [0.1, 0.15) is 34.0 Å². The molecule has 2 aromatic rings. The first kappa shape index (κ1) is 15.7. The predicted molar refractivity (Wildman–Crippen MR) is 94.8 cm³/mol. The van der Waals surface area contributed by atoms with E-state index < -0.39 is 0 Å². The summed E-state index contributed by atoms with van der Waals surface area (Å²) in [5.41, 5.74) is 7.39. The second-order valence-electron chi connectivity index (χ2n) is 4.96. The third-order valence-corrected chi connectivity index (χ3v) is 3.93. The molecule has 2 aromatic carbocycles. The normalized spacial score (nSPS) is 11.3. The van der Waals surface area contributed by atoms with Crippen LogP contribution in [0.4, 0.5) is 0 Å². The Morgan fingerprint density at radius 2 is 1.76 bits per heavy atom. The van der Waals surface area contributed by atoms with Crippen LogP contribution in [0.5, 0.6) is 0 Å². The first-order valence-electron chi connectivity index (χ1n) is 6.65. The smallest absolute Gasteiger partial charge is 0.267 e. The molecule has 0 aliphatic carbocycles. The number of carbonyl (C=O) groups is 1. The Hall–Kier alpha value is -1.69. The van der Waals surface area contributed by atoms with E-state index in [0.29, 0.717) is 5.56 Å². The van der Waals surface area contributed by atoms with Gasteiger partial charge < -0.3 is 0 Å². The zero-order valence-corrected chi connectivity index (χ0v) is 14.4. The number of aryl methyl sites for hydroxylation is 2. The Balaban J connectivity index is 2.14. The first-order valence-corrected chi connectivity index (χ1v) is 7.73. The fourth-order valence-electron chi connectivity index (χ4n) is 1.99. The Bertz CT molecular complexity index is 690. The summed E-state index contributed by atoms with van der Waals surface area (Å²) in [5, 5.41) is 4.21. The number of amides is 1. The van der Waals surface area contributed by atoms with Crippen molar-refractivity contribution in [3.05, 3.63) is 68.3 Å². The summed E-state index contributed by atoms with van der Waals surface area (Å²) < 4.78 is 1.10. The van der Waals surface area contributed by atoms with Gasteiger partial charge in [-0.1, -0.05) is 17.7 Å². The summed E-state index contributed by atoms with van der Waals surface area (Å²) in [7, 11) is 0. The summed E-state index contributed by atoms with van der Waals surface area (Å²) in [6, 6.07) is 13.6. The number of hydrazone groups is 1. The highest BCUT2D eigenvalue weighted by Crippen LogP contribution is 2.12. The number of rotatable bonds is 3. The lowest BCUT2D eigenvalue weighted by molar-refractivity contribution is 0.0955. The zero-order chi connectivity index (χ0) is 15.4. The molecular formula is C17H17IN2O. The summed E-state index contributed by atoms with van der Waals surface area (Å²) in [6.45, 7) is 5.98. The van der Waals surface area contributed by atoms with Gasteiger partial charge >= 0.3 is 0 Å². The topological polar surface area (TPSA) is 41.5 Å². The predicted octanol–water partition coefficient (Wildman–Crippen LogP) is 4.06. The van der Waals surface area contributed by atoms with Crippen molar-refractivity contribution in [2.45, 2.75) is 20.8 Å². The molecule has 0 aliphatic heterocycles. The van der Waals surface area contributed by atoms with E-state index in [1.165, 1.54) is 5.56 Å². The van der Waals surface area contributed by atoms with E-state index >= 15 is 0 Å². The van der Waals surface area contributed by atoms with Crippen LogP contribution >= 0.6 is 22.6 Å². The maximum atomic E-state index is 12.0. The molecule has 1 amide bonds. The highest BCUT2D eigenvalue weighted by Gasteiger charge is 2.06. The van der Waals surface area contributed by atoms with E-state index in [0.717, 1.165) is 20.4 Å². The van der Waals surface area contributed by atoms with Crippen LogP contribution in [0.3, 0.4) is 0 Å². The molecular weight excluding hydrogens is 375 g/mol. The maximum Gasteiger partial charge on any atom is 0.271 e. The van der Waals surface area contributed by atoms with Crippen molar-refractivity contribution in [3.63, 3.8) is 0 Å². The lowest BCUT2D eigenvalue weighted by Gasteiger charge is -2.07. The molecule has 0 bridgehead atoms. The van der Waals surface area contributed by atoms with E-state index in [9.17, 15) is 4.79 Å². The highest BCUT2D eigenvalue weighted by atomic mass is 127. The van der Waals surface area contributed by atoms with Crippen LogP contribution in [0, 0.1) is 17.4 Å². The number of hydrogen-bond acceptors (Lipinski definition) is 2. The number of benzene rings is 2. The minimum atomic E-state index is -0.198. The fraction of sp³-hybridized carbons (Fsp3) is 0.176. The number of carbonyl (C=O) groups excluding carboxylic acids is 1. The van der Waals surface area contributed by atoms with Gasteiger partial charge in [0.2, 0.25) is 0 Å². The molecule has 0 saturated carbocycles. The van der Waals surface area contributed by atoms with Crippen molar-refractivity contribution >= 4 is 34.2 Å². The zero-order valence-electron chi connectivity index (χ0n) is 12.3. The van der Waals surface area contributed by atoms with Crippen LogP contribution in [-0.4, -0.2) is 11.6 Å². The van der Waals surface area contributed by atoms with Gasteiger partial charge in [-0.25, -0.2) is 5.43 Å². The van der Waals surface area contributed by atoms with E-state index in [4.69, 9.17) is 0 Å². The Morgan fingerprint density at radius 3 is 2.43 bits per heavy atom. The second kappa shape index (κ2) is 6.85. The summed E-state index contributed by atoms with van der Waals surface area (Å²) in [4.78, 5) is 12.0. The molecule has 0 atom stereocenters. The van der Waals surface area contributed by atoms with Crippen LogP contribution in [0.25, 0.3) is 0 Å². The molecule has 1 N–H and O–H groups in total. The monoisotopic (exact) mass is 392 g/mol. The van der Waals surface area contributed by atoms with Gasteiger partial charge in [-0.15, -0.1) is 0 Å². The number of hydrogen-bond donors (Lipinski definition) is 1. The summed E-state index contributed by atoms with van der Waals surface area (Å²) in [5.74, 6) is -0.198. The minimum absolute atomic E-state index is 0.198. The van der Waals surface area contributed by atoms with Gasteiger partial charge in [0.15, 0.2) is 0 Å². The van der Waals surface area contributed by atoms with Crippen molar-refractivity contribution < 1.29 is 4.79 Å². The molecule has 0 aromatic heterocycles. The van der Waals surface area contributed by atoms with Gasteiger partial charge in [0, 0.05) is 14.7 Å². The van der Waals surface area contributed by atoms with Crippen molar-refractivity contribution in [1.82, 2.24) is 5.43 Å². The number of nitrogens with zero attached hydrogens (tertiary/aromatic N) is 1. The molecule has 108 valence electrons. The van der Waals surface area contributed by atoms with E-state index in [1.807, 2.05) is 32.9 Å². The summed E-state index contributed by atoms with van der Waals surface area (Å²) >= 11 is 2.21. The molecule has 0 unspecified atom stereocenters. The maximum absolute atomic E-state index is 12.0. The Kier molecular flexibility index (Phi) is 5.12. The van der Waals surface area contributed by atoms with E-state index in [2.05, 4.69) is 51.3 Å². The van der Waals surface area contributed by atoms with Crippen LogP contribution in [0.2, 0.25) is 0 Å². The molecule has 21 heavy (non-hydrogen) atoms. The lowest BCUT2D eigenvalue weighted by Crippen LogP contribution is -2.19. The van der Waals surface area contributed by atoms with Gasteiger partial charge in [0.25, 0.3) is 5.91 Å². The third kappa shape index (κ3) is 4.14. The molecule has 0 heterocycles. The molecule has 2 rings (SSSR count). The van der Waals surface area contributed by atoms with Crippen molar-refractivity contribution in [2.75, 3.05) is 0 Å². The van der Waals surface area contributed by atoms with Gasteiger partial charge in [-0.05, 0) is 79.3 Å². The largest absolute Gasteiger partial charge is 0.271 e. The average Bonchev–Trinajstić information content (AvgIpc) is 2.47. The molecule has 0 aliphatic rings. The van der Waals surface area contributed by atoms with Crippen LogP contribution < -0.4 is 5.43 Å². The number of halogens is 1. The van der Waals surface area contributed by atoms with E-state index in [1.54, 1.807) is 12.1 Å². The van der Waals surface area contributed by atoms with Crippen molar-refractivity contribution in [3.8, 4) is 0 Å². The average molecular weight is 392 g/mol. The summed E-state index contributed by atoms with van der Waals surface area (Å²) in [6.07, 6.45) is 0. The van der Waals surface area contributed by atoms with Crippen LogP contribution in [-0.2, 0) is 0 Å². The van der Waals surface area contributed by atoms with E-state index in [-0.39, 0.29) is 5.91 Å². The second-order valence-corrected chi connectivity index (χ2v) is 6.21.